The highest BCUT2D eigenvalue weighted by molar-refractivity contribution is 9.10. The average molecular weight is 268 g/mol. The van der Waals surface area contributed by atoms with Crippen molar-refractivity contribution in [1.29, 1.82) is 0 Å². The largest absolute Gasteiger partial charge is 0.356 e. The van der Waals surface area contributed by atoms with E-state index in [9.17, 15) is 4.79 Å². The van der Waals surface area contributed by atoms with Crippen LogP contribution >= 0.6 is 15.9 Å². The average Bonchev–Trinajstić information content (AvgIpc) is 2.97. The summed E-state index contributed by atoms with van der Waals surface area (Å²) < 4.78 is 1.08. The van der Waals surface area contributed by atoms with Gasteiger partial charge in [0.1, 0.15) is 0 Å². The van der Waals surface area contributed by atoms with Crippen LogP contribution in [0.1, 0.15) is 24.8 Å². The fourth-order valence-corrected chi connectivity index (χ4v) is 2.31. The van der Waals surface area contributed by atoms with Gasteiger partial charge in [-0.1, -0.05) is 28.1 Å². The third-order valence-corrected chi connectivity index (χ3v) is 3.25. The first-order valence-electron chi connectivity index (χ1n) is 5.25. The lowest BCUT2D eigenvalue weighted by molar-refractivity contribution is -0.122. The van der Waals surface area contributed by atoms with Crippen LogP contribution in [0, 0.1) is 5.92 Å². The van der Waals surface area contributed by atoms with Crippen molar-refractivity contribution in [3.63, 3.8) is 0 Å². The Kier molecular flexibility index (Phi) is 3.10. The number of hydrogen-bond donors (Lipinski definition) is 1. The molecule has 0 aromatic heterocycles. The summed E-state index contributed by atoms with van der Waals surface area (Å²) in [6.45, 7) is 2.68. The predicted molar refractivity (Wildman–Crippen MR) is 63.7 cm³/mol. The molecule has 0 heterocycles. The van der Waals surface area contributed by atoms with Gasteiger partial charge < -0.3 is 5.32 Å². The summed E-state index contributed by atoms with van der Waals surface area (Å²) in [5.41, 5.74) is 1.26. The lowest BCUT2D eigenvalue weighted by Crippen LogP contribution is -2.24. The Morgan fingerprint density at radius 3 is 3.07 bits per heavy atom. The van der Waals surface area contributed by atoms with Crippen LogP contribution in [0.4, 0.5) is 0 Å². The van der Waals surface area contributed by atoms with E-state index in [-0.39, 0.29) is 11.8 Å². The molecular formula is C12H14BrNO. The highest BCUT2D eigenvalue weighted by atomic mass is 79.9. The van der Waals surface area contributed by atoms with Crippen molar-refractivity contribution in [3.8, 4) is 0 Å². The maximum Gasteiger partial charge on any atom is 0.223 e. The molecule has 80 valence electrons. The second kappa shape index (κ2) is 4.35. The minimum Gasteiger partial charge on any atom is -0.356 e. The van der Waals surface area contributed by atoms with E-state index >= 15 is 0 Å². The molecule has 1 aromatic carbocycles. The summed E-state index contributed by atoms with van der Waals surface area (Å²) in [5.74, 6) is 0.816. The molecule has 0 spiro atoms. The van der Waals surface area contributed by atoms with Gasteiger partial charge in [-0.2, -0.15) is 0 Å². The maximum absolute atomic E-state index is 11.6. The van der Waals surface area contributed by atoms with Gasteiger partial charge in [-0.15, -0.1) is 0 Å². The number of amides is 1. The molecule has 0 unspecified atom stereocenters. The molecule has 2 atom stereocenters. The first kappa shape index (κ1) is 10.7. The molecule has 2 rings (SSSR count). The third-order valence-electron chi connectivity index (χ3n) is 2.76. The number of benzene rings is 1. The SMILES string of the molecule is CCNC(=O)[C@H]1C[C@@H]1c1cccc(Br)c1. The minimum absolute atomic E-state index is 0.194. The monoisotopic (exact) mass is 267 g/mol. The lowest BCUT2D eigenvalue weighted by Gasteiger charge is -2.02. The van der Waals surface area contributed by atoms with Gasteiger partial charge in [0.15, 0.2) is 0 Å². The fraction of sp³-hybridized carbons (Fsp3) is 0.417. The van der Waals surface area contributed by atoms with Gasteiger partial charge in [0.05, 0.1) is 0 Å². The lowest BCUT2D eigenvalue weighted by atomic mass is 10.1. The molecule has 15 heavy (non-hydrogen) atoms. The van der Waals surface area contributed by atoms with Crippen LogP contribution in [-0.4, -0.2) is 12.5 Å². The smallest absolute Gasteiger partial charge is 0.223 e. The zero-order valence-electron chi connectivity index (χ0n) is 8.66. The molecule has 1 amide bonds. The molecule has 1 aliphatic rings. The molecule has 0 bridgehead atoms. The van der Waals surface area contributed by atoms with Crippen molar-refractivity contribution in [1.82, 2.24) is 5.32 Å². The molecule has 0 aliphatic heterocycles. The van der Waals surface area contributed by atoms with Crippen molar-refractivity contribution in [3.05, 3.63) is 34.3 Å². The van der Waals surface area contributed by atoms with E-state index in [0.717, 1.165) is 17.4 Å². The Hall–Kier alpha value is -0.830. The summed E-state index contributed by atoms with van der Waals surface area (Å²) in [7, 11) is 0. The normalized spacial score (nSPS) is 23.6. The molecule has 1 saturated carbocycles. The van der Waals surface area contributed by atoms with Crippen LogP contribution in [0.3, 0.4) is 0 Å². The Balaban J connectivity index is 2.01. The van der Waals surface area contributed by atoms with E-state index in [1.54, 1.807) is 0 Å². The Bertz CT molecular complexity index is 378. The van der Waals surface area contributed by atoms with E-state index in [1.807, 2.05) is 19.1 Å². The van der Waals surface area contributed by atoms with Crippen molar-refractivity contribution in [2.24, 2.45) is 5.92 Å². The molecular weight excluding hydrogens is 254 g/mol. The van der Waals surface area contributed by atoms with E-state index in [0.29, 0.717) is 5.92 Å². The topological polar surface area (TPSA) is 29.1 Å². The van der Waals surface area contributed by atoms with E-state index in [4.69, 9.17) is 0 Å². The zero-order valence-corrected chi connectivity index (χ0v) is 10.3. The van der Waals surface area contributed by atoms with Gasteiger partial charge in [0.2, 0.25) is 5.91 Å². The van der Waals surface area contributed by atoms with Crippen molar-refractivity contribution in [2.45, 2.75) is 19.3 Å². The molecule has 2 nitrogen and oxygen atoms in total. The number of carbonyl (C=O) groups is 1. The van der Waals surface area contributed by atoms with E-state index in [2.05, 4.69) is 33.4 Å². The molecule has 3 heteroatoms. The molecule has 1 fully saturated rings. The van der Waals surface area contributed by atoms with Crippen LogP contribution in [0.5, 0.6) is 0 Å². The van der Waals surface area contributed by atoms with Crippen LogP contribution in [-0.2, 0) is 4.79 Å². The van der Waals surface area contributed by atoms with Crippen molar-refractivity contribution >= 4 is 21.8 Å². The number of carbonyl (C=O) groups excluding carboxylic acids is 1. The summed E-state index contributed by atoms with van der Waals surface area (Å²) in [5, 5.41) is 2.87. The second-order valence-electron chi connectivity index (χ2n) is 3.90. The van der Waals surface area contributed by atoms with Gasteiger partial charge in [-0.3, -0.25) is 4.79 Å². The van der Waals surface area contributed by atoms with Crippen molar-refractivity contribution in [2.75, 3.05) is 6.54 Å². The Morgan fingerprint density at radius 1 is 1.60 bits per heavy atom. The number of rotatable bonds is 3. The van der Waals surface area contributed by atoms with Crippen LogP contribution < -0.4 is 5.32 Å². The predicted octanol–water partition coefficient (Wildman–Crippen LogP) is 2.69. The van der Waals surface area contributed by atoms with Gasteiger partial charge in [0, 0.05) is 16.9 Å². The maximum atomic E-state index is 11.6. The Labute approximate surface area is 98.2 Å². The number of halogens is 1. The molecule has 1 aliphatic carbocycles. The van der Waals surface area contributed by atoms with Gasteiger partial charge >= 0.3 is 0 Å². The number of nitrogens with one attached hydrogen (secondary N) is 1. The highest BCUT2D eigenvalue weighted by Crippen LogP contribution is 2.47. The van der Waals surface area contributed by atoms with Gasteiger partial charge in [-0.25, -0.2) is 0 Å². The standard InChI is InChI=1S/C12H14BrNO/c1-2-14-12(15)11-7-10(11)8-4-3-5-9(13)6-8/h3-6,10-11H,2,7H2,1H3,(H,14,15)/t10-,11+/m1/s1. The van der Waals surface area contributed by atoms with Crippen LogP contribution in [0.15, 0.2) is 28.7 Å². The van der Waals surface area contributed by atoms with E-state index < -0.39 is 0 Å². The van der Waals surface area contributed by atoms with Crippen LogP contribution in [0.25, 0.3) is 0 Å². The quantitative estimate of drug-likeness (QED) is 0.897. The summed E-state index contributed by atoms with van der Waals surface area (Å²) in [6.07, 6.45) is 0.988. The number of hydrogen-bond acceptors (Lipinski definition) is 1. The highest BCUT2D eigenvalue weighted by Gasteiger charge is 2.43. The van der Waals surface area contributed by atoms with E-state index in [1.165, 1.54) is 5.56 Å². The zero-order chi connectivity index (χ0) is 10.8. The van der Waals surface area contributed by atoms with Gasteiger partial charge in [0.25, 0.3) is 0 Å². The summed E-state index contributed by atoms with van der Waals surface area (Å²) >= 11 is 3.45. The second-order valence-corrected chi connectivity index (χ2v) is 4.81. The molecule has 0 saturated heterocycles. The molecule has 1 aromatic rings. The minimum atomic E-state index is 0.194. The Morgan fingerprint density at radius 2 is 2.40 bits per heavy atom. The first-order valence-corrected chi connectivity index (χ1v) is 6.05. The molecule has 1 N–H and O–H groups in total. The summed E-state index contributed by atoms with van der Waals surface area (Å²) in [6, 6.07) is 8.22. The summed E-state index contributed by atoms with van der Waals surface area (Å²) in [4.78, 5) is 11.6. The third kappa shape index (κ3) is 2.40. The van der Waals surface area contributed by atoms with Crippen molar-refractivity contribution < 1.29 is 4.79 Å². The fourth-order valence-electron chi connectivity index (χ4n) is 1.90. The molecule has 0 radical (unpaired) electrons. The van der Waals surface area contributed by atoms with Crippen LogP contribution in [0.2, 0.25) is 0 Å². The van der Waals surface area contributed by atoms with Gasteiger partial charge in [-0.05, 0) is 37.0 Å². The first-order chi connectivity index (χ1) is 7.22.